The van der Waals surface area contributed by atoms with Crippen molar-refractivity contribution in [3.63, 3.8) is 0 Å². The molecule has 0 heterocycles. The second-order valence-electron chi connectivity index (χ2n) is 3.87. The predicted octanol–water partition coefficient (Wildman–Crippen LogP) is 1.70. The standard InChI is InChI=1S/C10H20O2/c1-2-3-6-9(11)8-5-4-7-10(8)12/h8-12H,2-7H2,1H3. The Hall–Kier alpha value is -0.0800. The number of aliphatic hydroxyl groups excluding tert-OH is 2. The molecule has 1 fully saturated rings. The Balaban J connectivity index is 2.25. The molecule has 2 nitrogen and oxygen atoms in total. The van der Waals surface area contributed by atoms with Crippen molar-refractivity contribution in [3.05, 3.63) is 0 Å². The van der Waals surface area contributed by atoms with Crippen molar-refractivity contribution in [2.75, 3.05) is 0 Å². The van der Waals surface area contributed by atoms with Crippen LogP contribution in [0, 0.1) is 5.92 Å². The fourth-order valence-electron chi connectivity index (χ4n) is 2.05. The molecule has 1 aliphatic rings. The third-order valence-corrected chi connectivity index (χ3v) is 2.88. The monoisotopic (exact) mass is 172 g/mol. The lowest BCUT2D eigenvalue weighted by Crippen LogP contribution is -2.27. The summed E-state index contributed by atoms with van der Waals surface area (Å²) in [5.41, 5.74) is 0. The van der Waals surface area contributed by atoms with Gasteiger partial charge in [0.25, 0.3) is 0 Å². The summed E-state index contributed by atoms with van der Waals surface area (Å²) in [6.45, 7) is 2.12. The van der Waals surface area contributed by atoms with Crippen molar-refractivity contribution in [1.82, 2.24) is 0 Å². The van der Waals surface area contributed by atoms with Gasteiger partial charge in [-0.1, -0.05) is 26.2 Å². The minimum Gasteiger partial charge on any atom is -0.393 e. The zero-order valence-electron chi connectivity index (χ0n) is 7.87. The number of hydrogen-bond donors (Lipinski definition) is 2. The van der Waals surface area contributed by atoms with E-state index in [1.807, 2.05) is 0 Å². The van der Waals surface area contributed by atoms with E-state index in [1.165, 1.54) is 0 Å². The van der Waals surface area contributed by atoms with Gasteiger partial charge in [0.15, 0.2) is 0 Å². The maximum atomic E-state index is 9.69. The largest absolute Gasteiger partial charge is 0.393 e. The highest BCUT2D eigenvalue weighted by molar-refractivity contribution is 4.81. The molecule has 0 aliphatic heterocycles. The van der Waals surface area contributed by atoms with E-state index < -0.39 is 0 Å². The second-order valence-corrected chi connectivity index (χ2v) is 3.87. The summed E-state index contributed by atoms with van der Waals surface area (Å²) in [4.78, 5) is 0. The summed E-state index contributed by atoms with van der Waals surface area (Å²) < 4.78 is 0. The van der Waals surface area contributed by atoms with Crippen LogP contribution in [0.2, 0.25) is 0 Å². The predicted molar refractivity (Wildman–Crippen MR) is 48.9 cm³/mol. The third kappa shape index (κ3) is 2.46. The van der Waals surface area contributed by atoms with Crippen LogP contribution in [-0.2, 0) is 0 Å². The van der Waals surface area contributed by atoms with E-state index in [9.17, 15) is 10.2 Å². The van der Waals surface area contributed by atoms with E-state index in [4.69, 9.17) is 0 Å². The van der Waals surface area contributed by atoms with E-state index >= 15 is 0 Å². The van der Waals surface area contributed by atoms with Crippen molar-refractivity contribution >= 4 is 0 Å². The molecule has 1 rings (SSSR count). The smallest absolute Gasteiger partial charge is 0.0593 e. The van der Waals surface area contributed by atoms with Crippen LogP contribution in [0.4, 0.5) is 0 Å². The van der Waals surface area contributed by atoms with E-state index in [0.29, 0.717) is 0 Å². The van der Waals surface area contributed by atoms with Gasteiger partial charge < -0.3 is 10.2 Å². The molecule has 0 bridgehead atoms. The quantitative estimate of drug-likeness (QED) is 0.677. The fourth-order valence-corrected chi connectivity index (χ4v) is 2.05. The van der Waals surface area contributed by atoms with Crippen molar-refractivity contribution < 1.29 is 10.2 Å². The van der Waals surface area contributed by atoms with Crippen LogP contribution >= 0.6 is 0 Å². The molecule has 3 atom stereocenters. The van der Waals surface area contributed by atoms with Crippen molar-refractivity contribution in [3.8, 4) is 0 Å². The van der Waals surface area contributed by atoms with Crippen LogP contribution in [0.5, 0.6) is 0 Å². The number of aliphatic hydroxyl groups is 2. The first-order chi connectivity index (χ1) is 5.75. The topological polar surface area (TPSA) is 40.5 Å². The maximum Gasteiger partial charge on any atom is 0.0593 e. The summed E-state index contributed by atoms with van der Waals surface area (Å²) in [6.07, 6.45) is 5.52. The molecule has 1 saturated carbocycles. The van der Waals surface area contributed by atoms with Gasteiger partial charge in [-0.15, -0.1) is 0 Å². The zero-order valence-corrected chi connectivity index (χ0v) is 7.87. The number of hydrogen-bond acceptors (Lipinski definition) is 2. The Labute approximate surface area is 74.6 Å². The lowest BCUT2D eigenvalue weighted by molar-refractivity contribution is 0.0259. The number of rotatable bonds is 4. The Bertz CT molecular complexity index is 125. The maximum absolute atomic E-state index is 9.69. The van der Waals surface area contributed by atoms with E-state index in [0.717, 1.165) is 38.5 Å². The van der Waals surface area contributed by atoms with E-state index in [-0.39, 0.29) is 18.1 Å². The Morgan fingerprint density at radius 1 is 1.42 bits per heavy atom. The highest BCUT2D eigenvalue weighted by atomic mass is 16.3. The molecule has 3 unspecified atom stereocenters. The minimum atomic E-state index is -0.262. The number of unbranched alkanes of at least 4 members (excludes halogenated alkanes) is 1. The average molecular weight is 172 g/mol. The molecule has 0 aromatic heterocycles. The summed E-state index contributed by atoms with van der Waals surface area (Å²) in [5, 5.41) is 19.2. The molecule has 0 aromatic carbocycles. The normalized spacial score (nSPS) is 32.2. The third-order valence-electron chi connectivity index (χ3n) is 2.88. The Morgan fingerprint density at radius 3 is 2.67 bits per heavy atom. The van der Waals surface area contributed by atoms with Crippen LogP contribution < -0.4 is 0 Å². The first-order valence-electron chi connectivity index (χ1n) is 5.11. The summed E-state index contributed by atoms with van der Waals surface area (Å²) in [6, 6.07) is 0. The van der Waals surface area contributed by atoms with E-state index in [2.05, 4.69) is 6.92 Å². The fraction of sp³-hybridized carbons (Fsp3) is 1.00. The highest BCUT2D eigenvalue weighted by Gasteiger charge is 2.30. The first kappa shape index (κ1) is 10.0. The molecule has 0 aromatic rings. The molecule has 2 N–H and O–H groups in total. The lowest BCUT2D eigenvalue weighted by Gasteiger charge is -2.20. The van der Waals surface area contributed by atoms with Crippen LogP contribution in [0.15, 0.2) is 0 Å². The Morgan fingerprint density at radius 2 is 2.17 bits per heavy atom. The van der Waals surface area contributed by atoms with Gasteiger partial charge in [0.2, 0.25) is 0 Å². The van der Waals surface area contributed by atoms with Gasteiger partial charge in [-0.25, -0.2) is 0 Å². The molecule has 0 radical (unpaired) electrons. The SMILES string of the molecule is CCCCC(O)C1CCCC1O. The summed E-state index contributed by atoms with van der Waals surface area (Å²) >= 11 is 0. The summed E-state index contributed by atoms with van der Waals surface area (Å²) in [5.74, 6) is 0.163. The van der Waals surface area contributed by atoms with Gasteiger partial charge in [-0.2, -0.15) is 0 Å². The van der Waals surface area contributed by atoms with Gasteiger partial charge in [0.05, 0.1) is 12.2 Å². The molecule has 0 spiro atoms. The van der Waals surface area contributed by atoms with Gasteiger partial charge in [0.1, 0.15) is 0 Å². The lowest BCUT2D eigenvalue weighted by atomic mass is 9.95. The van der Waals surface area contributed by atoms with Gasteiger partial charge in [-0.3, -0.25) is 0 Å². The minimum absolute atomic E-state index is 0.163. The van der Waals surface area contributed by atoms with Gasteiger partial charge >= 0.3 is 0 Å². The van der Waals surface area contributed by atoms with Crippen molar-refractivity contribution in [1.29, 1.82) is 0 Å². The molecule has 12 heavy (non-hydrogen) atoms. The van der Waals surface area contributed by atoms with Gasteiger partial charge in [0, 0.05) is 5.92 Å². The van der Waals surface area contributed by atoms with Crippen LogP contribution in [-0.4, -0.2) is 22.4 Å². The zero-order chi connectivity index (χ0) is 8.97. The molecular formula is C10H20O2. The molecule has 72 valence electrons. The van der Waals surface area contributed by atoms with Crippen molar-refractivity contribution in [2.45, 2.75) is 57.7 Å². The molecule has 0 amide bonds. The first-order valence-corrected chi connectivity index (χ1v) is 5.11. The molecule has 0 saturated heterocycles. The molecular weight excluding hydrogens is 152 g/mol. The Kier molecular flexibility index (Phi) is 4.02. The highest BCUT2D eigenvalue weighted by Crippen LogP contribution is 2.30. The molecule has 1 aliphatic carbocycles. The van der Waals surface area contributed by atoms with Crippen LogP contribution in [0.25, 0.3) is 0 Å². The summed E-state index contributed by atoms with van der Waals surface area (Å²) in [7, 11) is 0. The van der Waals surface area contributed by atoms with Crippen molar-refractivity contribution in [2.24, 2.45) is 5.92 Å². The average Bonchev–Trinajstić information content (AvgIpc) is 2.47. The van der Waals surface area contributed by atoms with Gasteiger partial charge in [-0.05, 0) is 19.3 Å². The van der Waals surface area contributed by atoms with Crippen LogP contribution in [0.3, 0.4) is 0 Å². The van der Waals surface area contributed by atoms with Crippen LogP contribution in [0.1, 0.15) is 45.4 Å². The second kappa shape index (κ2) is 4.83. The van der Waals surface area contributed by atoms with E-state index in [1.54, 1.807) is 0 Å². The molecule has 2 heteroatoms.